The summed E-state index contributed by atoms with van der Waals surface area (Å²) in [6.07, 6.45) is 7.43. The molecule has 434 valence electrons. The lowest BCUT2D eigenvalue weighted by Crippen LogP contribution is -2.47. The second kappa shape index (κ2) is 42.9. The van der Waals surface area contributed by atoms with Crippen molar-refractivity contribution in [2.45, 2.75) is 130 Å². The molecule has 0 aromatic rings. The van der Waals surface area contributed by atoms with Crippen LogP contribution < -0.4 is 32.1 Å². The Morgan fingerprint density at radius 2 is 1.04 bits per heavy atom. The van der Waals surface area contributed by atoms with Crippen molar-refractivity contribution in [1.82, 2.24) is 41.9 Å². The van der Waals surface area contributed by atoms with Gasteiger partial charge in [-0.3, -0.25) is 62.6 Å². The number of ether oxygens (including phenoxy) is 3. The lowest BCUT2D eigenvalue weighted by atomic mass is 10.1. The predicted octanol–water partition coefficient (Wildman–Crippen LogP) is 2.01. The molecule has 2 fully saturated rings. The van der Waals surface area contributed by atoms with Crippen LogP contribution in [0.3, 0.4) is 0 Å². The number of imide groups is 2. The molecule has 0 aromatic carbocycles. The van der Waals surface area contributed by atoms with Crippen LogP contribution in [0.2, 0.25) is 0 Å². The fourth-order valence-corrected chi connectivity index (χ4v) is 10.4. The third kappa shape index (κ3) is 32.7. The number of carbonyl (C=O) groups is 10. The van der Waals surface area contributed by atoms with Crippen LogP contribution in [-0.4, -0.2) is 190 Å². The van der Waals surface area contributed by atoms with Gasteiger partial charge in [-0.25, -0.2) is 5.48 Å². The number of likely N-dealkylation sites (tertiary alicyclic amines) is 2. The van der Waals surface area contributed by atoms with Crippen LogP contribution in [0.25, 0.3) is 0 Å². The minimum Gasteiger partial charge on any atom is -0.379 e. The maximum Gasteiger partial charge on any atom is 0.244 e. The smallest absolute Gasteiger partial charge is 0.244 e. The monoisotopic (exact) mass is 1140 g/mol. The van der Waals surface area contributed by atoms with Crippen LogP contribution >= 0.6 is 30.0 Å². The summed E-state index contributed by atoms with van der Waals surface area (Å²) in [6, 6.07) is -0.876. The third-order valence-electron chi connectivity index (χ3n) is 11.7. The largest absolute Gasteiger partial charge is 0.379 e. The van der Waals surface area contributed by atoms with E-state index in [-0.39, 0.29) is 130 Å². The van der Waals surface area contributed by atoms with Gasteiger partial charge in [-0.1, -0.05) is 48.3 Å². The maximum atomic E-state index is 13.2. The number of nitrogens with zero attached hydrogens (tertiary/aromatic N) is 2. The Balaban J connectivity index is 1.44. The molecule has 0 aromatic heterocycles. The van der Waals surface area contributed by atoms with Gasteiger partial charge >= 0.3 is 0 Å². The molecule has 24 nitrogen and oxygen atoms in total. The van der Waals surface area contributed by atoms with E-state index in [1.807, 2.05) is 6.92 Å². The molecule has 2 saturated heterocycles. The van der Waals surface area contributed by atoms with E-state index < -0.39 is 26.2 Å². The molecular weight excluding hydrogens is 1050 g/mol. The summed E-state index contributed by atoms with van der Waals surface area (Å²) in [7, 11) is 1.65. The lowest BCUT2D eigenvalue weighted by Gasteiger charge is -2.20. The molecule has 0 bridgehead atoms. The van der Waals surface area contributed by atoms with E-state index in [4.69, 9.17) is 23.6 Å². The van der Waals surface area contributed by atoms with Gasteiger partial charge < -0.3 is 50.2 Å². The summed E-state index contributed by atoms with van der Waals surface area (Å²) in [5.41, 5.74) is 2.39. The zero-order chi connectivity index (χ0) is 55.8. The highest BCUT2D eigenvalue weighted by atomic mass is 33.1. The summed E-state index contributed by atoms with van der Waals surface area (Å²) in [5.74, 6) is -2.44. The van der Waals surface area contributed by atoms with Gasteiger partial charge in [0.1, 0.15) is 6.04 Å². The average molecular weight is 1140 g/mol. The fourth-order valence-electron chi connectivity index (χ4n) is 7.45. The molecule has 4 unspecified atom stereocenters. The predicted molar refractivity (Wildman–Crippen MR) is 287 cm³/mol. The van der Waals surface area contributed by atoms with Gasteiger partial charge in [0.25, 0.3) is 0 Å². The first-order chi connectivity index (χ1) is 36.6. The van der Waals surface area contributed by atoms with Gasteiger partial charge in [-0.05, 0) is 51.9 Å². The topological polar surface area (TPSA) is 316 Å². The molecule has 27 heteroatoms. The normalized spacial score (nSPS) is 16.2. The third-order valence-corrected chi connectivity index (χ3v) is 15.4. The highest BCUT2D eigenvalue weighted by Gasteiger charge is 2.36. The molecule has 10 amide bonds. The fraction of sp³-hybridized carbons (Fsp3) is 0.796. The van der Waals surface area contributed by atoms with Crippen LogP contribution in [0.15, 0.2) is 0 Å². The Labute approximate surface area is 456 Å². The number of carbonyl (C=O) groups excluding carboxylic acids is 10. The van der Waals surface area contributed by atoms with E-state index in [1.165, 1.54) is 21.6 Å². The van der Waals surface area contributed by atoms with Crippen molar-refractivity contribution in [3.05, 3.63) is 0 Å². The zero-order valence-electron chi connectivity index (χ0n) is 44.8. The molecule has 2 aliphatic rings. The second-order valence-electron chi connectivity index (χ2n) is 18.2. The SMILES string of the molecule is CCOP(O)CCCCNC(=O)CCOCCOCCOCCONC(=O)CCSSCCC(=O)NCCCCCCNC(=O)C(CCCCNC(=O)CCN1C(=O)CC(C)C1=O)NC(=O)CCN1C(=O)CC(C)C1=O. The molecule has 7 N–H and O–H groups in total. The minimum absolute atomic E-state index is 0.0123. The summed E-state index contributed by atoms with van der Waals surface area (Å²) in [5, 5.41) is 14.1. The van der Waals surface area contributed by atoms with Crippen molar-refractivity contribution < 1.29 is 76.4 Å². The van der Waals surface area contributed by atoms with E-state index in [0.29, 0.717) is 109 Å². The van der Waals surface area contributed by atoms with E-state index in [1.54, 1.807) is 13.8 Å². The van der Waals surface area contributed by atoms with E-state index >= 15 is 0 Å². The molecule has 0 radical (unpaired) electrons. The van der Waals surface area contributed by atoms with Crippen LogP contribution in [0, 0.1) is 11.8 Å². The van der Waals surface area contributed by atoms with Crippen molar-refractivity contribution >= 4 is 89.0 Å². The molecule has 2 rings (SSSR count). The Hall–Kier alpha value is -4.01. The minimum atomic E-state index is -1.36. The molecular formula is C49H85N8O16PS2. The van der Waals surface area contributed by atoms with Crippen LogP contribution in [0.1, 0.15) is 124 Å². The summed E-state index contributed by atoms with van der Waals surface area (Å²) >= 11 is 0. The van der Waals surface area contributed by atoms with E-state index in [9.17, 15) is 52.8 Å². The Morgan fingerprint density at radius 3 is 1.58 bits per heavy atom. The van der Waals surface area contributed by atoms with Crippen molar-refractivity contribution in [3.8, 4) is 0 Å². The first kappa shape index (κ1) is 68.1. The van der Waals surface area contributed by atoms with Crippen molar-refractivity contribution in [1.29, 1.82) is 0 Å². The van der Waals surface area contributed by atoms with Crippen LogP contribution in [0.5, 0.6) is 0 Å². The number of nitrogens with one attached hydrogen (secondary N) is 6. The average Bonchev–Trinajstić information content (AvgIpc) is 3.78. The van der Waals surface area contributed by atoms with E-state index in [0.717, 1.165) is 41.9 Å². The van der Waals surface area contributed by atoms with Gasteiger partial charge in [0.05, 0.1) is 52.9 Å². The molecule has 0 saturated carbocycles. The van der Waals surface area contributed by atoms with E-state index in [2.05, 4.69) is 32.1 Å². The summed E-state index contributed by atoms with van der Waals surface area (Å²) in [6.45, 7) is 9.54. The number of hydrogen-bond donors (Lipinski definition) is 7. The van der Waals surface area contributed by atoms with Gasteiger partial charge in [0, 0.05) is 114 Å². The van der Waals surface area contributed by atoms with Crippen molar-refractivity contribution in [2.75, 3.05) is 110 Å². The first-order valence-corrected chi connectivity index (χ1v) is 30.5. The summed E-state index contributed by atoms with van der Waals surface area (Å²) in [4.78, 5) is 140. The first-order valence-electron chi connectivity index (χ1n) is 26.7. The number of amides is 10. The molecule has 76 heavy (non-hydrogen) atoms. The van der Waals surface area contributed by atoms with Crippen LogP contribution in [0.4, 0.5) is 0 Å². The highest BCUT2D eigenvalue weighted by molar-refractivity contribution is 8.76. The standard InChI is InChI=1S/C49H85N8O16PS2/c1-4-73-74(68)32-12-11-21-51-41(59)16-25-69-26-27-70-28-29-71-30-31-72-55-44(62)18-34-76-75-33-17-42(60)52-19-8-5-6-9-22-53-47(65)39(54-43(61)15-24-57-46(64)36-38(3)49(57)67)13-7-10-20-50-40(58)14-23-56-45(63)35-37(2)48(56)66/h37-39,68H,4-36H2,1-3H3,(H,50,58)(H,51,59)(H,52,60)(H,53,65)(H,54,61)(H,55,62). The van der Waals surface area contributed by atoms with Gasteiger partial charge in [-0.2, -0.15) is 0 Å². The highest BCUT2D eigenvalue weighted by Crippen LogP contribution is 2.31. The van der Waals surface area contributed by atoms with Crippen molar-refractivity contribution in [3.63, 3.8) is 0 Å². The lowest BCUT2D eigenvalue weighted by molar-refractivity contribution is -0.141. The molecule has 2 heterocycles. The molecule has 0 aliphatic carbocycles. The number of hydrogen-bond acceptors (Lipinski definition) is 18. The molecule has 0 spiro atoms. The number of hydroxylamine groups is 1. The molecule has 4 atom stereocenters. The molecule has 2 aliphatic heterocycles. The Kier molecular flexibility index (Phi) is 38.5. The summed E-state index contributed by atoms with van der Waals surface area (Å²) < 4.78 is 21.4. The van der Waals surface area contributed by atoms with Crippen LogP contribution in [-0.2, 0) is 71.5 Å². The zero-order valence-corrected chi connectivity index (χ0v) is 47.3. The van der Waals surface area contributed by atoms with Gasteiger partial charge in [0.2, 0.25) is 59.1 Å². The van der Waals surface area contributed by atoms with Crippen molar-refractivity contribution in [2.24, 2.45) is 11.8 Å². The van der Waals surface area contributed by atoms with Gasteiger partial charge in [0.15, 0.2) is 8.38 Å². The Morgan fingerprint density at radius 1 is 0.579 bits per heavy atom. The second-order valence-corrected chi connectivity index (χ2v) is 22.3. The number of rotatable bonds is 47. The Bertz CT molecular complexity index is 1790. The van der Waals surface area contributed by atoms with Gasteiger partial charge in [-0.15, -0.1) is 0 Å². The quantitative estimate of drug-likeness (QED) is 0.0151. The number of unbranched alkanes of at least 4 members (excludes halogenated alkanes) is 5. The maximum absolute atomic E-state index is 13.2.